The van der Waals surface area contributed by atoms with Gasteiger partial charge in [-0.25, -0.2) is 0 Å². The molecule has 0 aromatic carbocycles. The van der Waals surface area contributed by atoms with E-state index in [2.05, 4.69) is 0 Å². The monoisotopic (exact) mass is 168 g/mol. The van der Waals surface area contributed by atoms with Gasteiger partial charge in [0.25, 0.3) is 0 Å². The minimum Gasteiger partial charge on any atom is -0.772 e. The Morgan fingerprint density at radius 1 is 1.44 bits per heavy atom. The molecule has 0 bridgehead atoms. The van der Waals surface area contributed by atoms with Crippen LogP contribution in [0, 0.1) is 0 Å². The van der Waals surface area contributed by atoms with Crippen LogP contribution in [0.4, 0.5) is 0 Å². The van der Waals surface area contributed by atoms with Crippen LogP contribution in [0.15, 0.2) is 0 Å². The molecule has 0 aromatic heterocycles. The van der Waals surface area contributed by atoms with Crippen LogP contribution < -0.4 is 69.1 Å². The molecule has 7 heteroatoms. The van der Waals surface area contributed by atoms with E-state index in [0.717, 1.165) is 6.92 Å². The van der Waals surface area contributed by atoms with Crippen molar-refractivity contribution in [3.8, 4) is 0 Å². The summed E-state index contributed by atoms with van der Waals surface area (Å²) in [4.78, 5) is 17.2. The number of rotatable bonds is 0. The number of carboxylic acids is 1. The van der Waals surface area contributed by atoms with Gasteiger partial charge in [-0.1, -0.05) is 0 Å². The van der Waals surface area contributed by atoms with E-state index >= 15 is 0 Å². The summed E-state index contributed by atoms with van der Waals surface area (Å²) in [5, 5.41) is 8.89. The summed E-state index contributed by atoms with van der Waals surface area (Å²) >= 11 is 0. The molecule has 0 atom stereocenters. The minimum absolute atomic E-state index is 0. The molecule has 0 heterocycles. The maximum atomic E-state index is 8.89. The number of aliphatic carboxylic acids is 1. The van der Waals surface area contributed by atoms with Crippen molar-refractivity contribution in [3.63, 3.8) is 0 Å². The van der Waals surface area contributed by atoms with Gasteiger partial charge in [-0.2, -0.15) is 0 Å². The topological polar surface area (TPSA) is 80.3 Å². The molecule has 42 valence electrons. The number of carboxylic acid groups (broad SMARTS) is 1. The Labute approximate surface area is 98.9 Å². The van der Waals surface area contributed by atoms with Crippen molar-refractivity contribution >= 4 is 14.7 Å². The van der Waals surface area contributed by atoms with Gasteiger partial charge in [0.05, 0.1) is 8.69 Å². The van der Waals surface area contributed by atoms with Crippen molar-refractivity contribution in [3.05, 3.63) is 0 Å². The average molecular weight is 168 g/mol. The van der Waals surface area contributed by atoms with Gasteiger partial charge < -0.3 is 14.8 Å². The molecule has 0 aliphatic rings. The summed E-state index contributed by atoms with van der Waals surface area (Å²) in [5.41, 5.74) is 0. The van der Waals surface area contributed by atoms with Crippen LogP contribution in [0.1, 0.15) is 6.92 Å². The zero-order valence-corrected chi connectivity index (χ0v) is 10.5. The van der Waals surface area contributed by atoms with Gasteiger partial charge in [-0.05, 0) is 6.92 Å². The molecule has 0 spiro atoms. The van der Waals surface area contributed by atoms with E-state index in [4.69, 9.17) is 19.4 Å². The summed E-state index contributed by atoms with van der Waals surface area (Å²) in [5.74, 6) is -1.08. The Hall–Kier alpha value is 1.53. The zero-order valence-electron chi connectivity index (χ0n) is 5.58. The first-order valence-corrected chi connectivity index (χ1v) is 2.00. The molecule has 0 amide bonds. The molecule has 0 saturated heterocycles. The van der Waals surface area contributed by atoms with Crippen molar-refractivity contribution in [1.82, 2.24) is 0 Å². The summed E-state index contributed by atoms with van der Waals surface area (Å²) < 4.78 is 8.35. The molecule has 0 saturated carbocycles. The molecule has 0 aliphatic heterocycles. The molecule has 9 heavy (non-hydrogen) atoms. The quantitative estimate of drug-likeness (QED) is 0.266. The summed E-state index contributed by atoms with van der Waals surface area (Å²) in [6.07, 6.45) is 0. The molecule has 0 rings (SSSR count). The molecule has 0 fully saturated rings. The first kappa shape index (κ1) is 22.4. The standard InChI is InChI=1S/C2H4O2.2Na.HO2P/c1-2(3)4;;;1-3-2/h1H3,(H,3,4);;;(H,1,2)/q;2*+1;/p-2. The fourth-order valence-electron chi connectivity index (χ4n) is 0. The molecule has 0 radical (unpaired) electrons. The van der Waals surface area contributed by atoms with Crippen LogP contribution >= 0.6 is 8.69 Å². The summed E-state index contributed by atoms with van der Waals surface area (Å²) in [7, 11) is -1.08. The summed E-state index contributed by atoms with van der Waals surface area (Å²) in [6.45, 7) is 0.972. The average Bonchev–Trinajstić information content (AvgIpc) is 1.33. The first-order chi connectivity index (χ1) is 3.15. The largest absolute Gasteiger partial charge is 1.00 e. The molecule has 0 unspecified atom stereocenters. The predicted molar refractivity (Wildman–Crippen MR) is 18.3 cm³/mol. The maximum absolute atomic E-state index is 8.89. The molecule has 4 nitrogen and oxygen atoms in total. The van der Waals surface area contributed by atoms with Gasteiger partial charge in [0.1, 0.15) is 0 Å². The van der Waals surface area contributed by atoms with Crippen molar-refractivity contribution in [2.45, 2.75) is 6.92 Å². The van der Waals surface area contributed by atoms with Crippen LogP contribution in [0.2, 0.25) is 0 Å². The van der Waals surface area contributed by atoms with Crippen molar-refractivity contribution < 1.29 is 78.5 Å². The third-order valence-corrected chi connectivity index (χ3v) is 0. The third-order valence-electron chi connectivity index (χ3n) is 0. The number of carbonyl (C=O) groups excluding carboxylic acids is 1. The fourth-order valence-corrected chi connectivity index (χ4v) is 0. The van der Waals surface area contributed by atoms with Gasteiger partial charge in [0.15, 0.2) is 0 Å². The van der Waals surface area contributed by atoms with Gasteiger partial charge in [0, 0.05) is 5.97 Å². The second-order valence-corrected chi connectivity index (χ2v) is 0.715. The first-order valence-electron chi connectivity index (χ1n) is 1.27. The minimum atomic E-state index is -1.08. The van der Waals surface area contributed by atoms with Crippen molar-refractivity contribution in [1.29, 1.82) is 0 Å². The van der Waals surface area contributed by atoms with Gasteiger partial charge in [-0.3, -0.25) is 4.57 Å². The normalized spacial score (nSPS) is 5.11. The maximum Gasteiger partial charge on any atom is 1.00 e. The van der Waals surface area contributed by atoms with Crippen molar-refractivity contribution in [2.75, 3.05) is 0 Å². The number of carbonyl (C=O) groups is 1. The third kappa shape index (κ3) is 231. The van der Waals surface area contributed by atoms with E-state index in [9.17, 15) is 0 Å². The Morgan fingerprint density at radius 2 is 1.44 bits per heavy atom. The van der Waals surface area contributed by atoms with Crippen LogP contribution in [0.5, 0.6) is 0 Å². The SMILES string of the molecule is CC(=O)[O-].O=P[O-].[Na+].[Na+]. The molecular weight excluding hydrogens is 165 g/mol. The van der Waals surface area contributed by atoms with Crippen LogP contribution in [-0.2, 0) is 9.36 Å². The molecule has 0 aliphatic carbocycles. The van der Waals surface area contributed by atoms with Gasteiger partial charge >= 0.3 is 59.1 Å². The summed E-state index contributed by atoms with van der Waals surface area (Å²) in [6, 6.07) is 0. The van der Waals surface area contributed by atoms with Crippen LogP contribution in [0.25, 0.3) is 0 Å². The molecule has 0 aromatic rings. The molecule has 0 N–H and O–H groups in total. The Balaban J connectivity index is -0.0000000233. The smallest absolute Gasteiger partial charge is 0.772 e. The predicted octanol–water partition coefficient (Wildman–Crippen LogP) is -7.68. The van der Waals surface area contributed by atoms with E-state index in [0.29, 0.717) is 0 Å². The number of hydrogen-bond donors (Lipinski definition) is 0. The van der Waals surface area contributed by atoms with Crippen LogP contribution in [0.3, 0.4) is 0 Å². The number of hydrogen-bond acceptors (Lipinski definition) is 4. The second kappa shape index (κ2) is 22.7. The fraction of sp³-hybridized carbons (Fsp3) is 0.500. The van der Waals surface area contributed by atoms with Gasteiger partial charge in [0.2, 0.25) is 0 Å². The Bertz CT molecular complexity index is 63.6. The van der Waals surface area contributed by atoms with E-state index in [-0.39, 0.29) is 59.1 Å². The van der Waals surface area contributed by atoms with Crippen molar-refractivity contribution in [2.24, 2.45) is 0 Å². The van der Waals surface area contributed by atoms with E-state index in [1.165, 1.54) is 0 Å². The van der Waals surface area contributed by atoms with Crippen LogP contribution in [-0.4, -0.2) is 5.97 Å². The van der Waals surface area contributed by atoms with E-state index < -0.39 is 14.7 Å². The Morgan fingerprint density at radius 3 is 1.44 bits per heavy atom. The molecular formula is C2H3Na2O4P. The van der Waals surface area contributed by atoms with Gasteiger partial charge in [-0.15, -0.1) is 0 Å². The zero-order chi connectivity index (χ0) is 6.28. The Kier molecular flexibility index (Phi) is 56.5. The van der Waals surface area contributed by atoms with E-state index in [1.807, 2.05) is 0 Å². The second-order valence-electron chi connectivity index (χ2n) is 0.566. The van der Waals surface area contributed by atoms with E-state index in [1.54, 1.807) is 0 Å².